The highest BCUT2D eigenvalue weighted by atomic mass is 16.5. The first-order chi connectivity index (χ1) is 6.81. The van der Waals surface area contributed by atoms with Gasteiger partial charge >= 0.3 is 0 Å². The minimum Gasteiger partial charge on any atom is -0.379 e. The first-order valence-electron chi connectivity index (χ1n) is 5.72. The van der Waals surface area contributed by atoms with E-state index < -0.39 is 0 Å². The van der Waals surface area contributed by atoms with E-state index in [0.29, 0.717) is 19.3 Å². The second-order valence-electron chi connectivity index (χ2n) is 3.54. The molecule has 0 saturated carbocycles. The molecule has 0 rings (SSSR count). The van der Waals surface area contributed by atoms with E-state index in [1.54, 1.807) is 0 Å². The molecule has 0 spiro atoms. The van der Waals surface area contributed by atoms with Gasteiger partial charge in [0.05, 0.1) is 13.2 Å². The van der Waals surface area contributed by atoms with Crippen molar-refractivity contribution in [1.29, 1.82) is 0 Å². The van der Waals surface area contributed by atoms with Crippen molar-refractivity contribution in [3.05, 3.63) is 0 Å². The molecule has 3 nitrogen and oxygen atoms in total. The van der Waals surface area contributed by atoms with Crippen LogP contribution in [0.4, 0.5) is 0 Å². The molecule has 0 heterocycles. The number of hydrogen-bond donors (Lipinski definition) is 1. The van der Waals surface area contributed by atoms with Crippen LogP contribution in [-0.2, 0) is 9.47 Å². The van der Waals surface area contributed by atoms with E-state index in [2.05, 4.69) is 13.8 Å². The lowest BCUT2D eigenvalue weighted by Gasteiger charge is -2.08. The molecule has 0 radical (unpaired) electrons. The second kappa shape index (κ2) is 11.0. The van der Waals surface area contributed by atoms with Gasteiger partial charge in [0, 0.05) is 19.3 Å². The molecule has 0 fully saturated rings. The van der Waals surface area contributed by atoms with Gasteiger partial charge in [-0.15, -0.1) is 0 Å². The highest BCUT2D eigenvalue weighted by molar-refractivity contribution is 4.57. The van der Waals surface area contributed by atoms with Gasteiger partial charge < -0.3 is 15.2 Å². The molecule has 0 amide bonds. The molecule has 0 aliphatic rings. The van der Waals surface area contributed by atoms with Gasteiger partial charge in [-0.25, -0.2) is 0 Å². The molecule has 0 bridgehead atoms. The average Bonchev–Trinajstić information content (AvgIpc) is 2.21. The molecule has 0 aromatic heterocycles. The fourth-order valence-corrected chi connectivity index (χ4v) is 1.12. The SMILES string of the molecule is CCCOCCOCCCC(N)CC. The summed E-state index contributed by atoms with van der Waals surface area (Å²) in [5.74, 6) is 0. The third kappa shape index (κ3) is 9.96. The Bertz CT molecular complexity index is 109. The third-order valence-corrected chi connectivity index (χ3v) is 2.11. The van der Waals surface area contributed by atoms with E-state index >= 15 is 0 Å². The zero-order valence-corrected chi connectivity index (χ0v) is 9.63. The Morgan fingerprint density at radius 2 is 1.64 bits per heavy atom. The molecular weight excluding hydrogens is 178 g/mol. The highest BCUT2D eigenvalue weighted by Crippen LogP contribution is 1.98. The molecule has 0 aromatic carbocycles. The Morgan fingerprint density at radius 1 is 1.00 bits per heavy atom. The van der Waals surface area contributed by atoms with E-state index in [0.717, 1.165) is 38.9 Å². The predicted octanol–water partition coefficient (Wildman–Crippen LogP) is 1.95. The summed E-state index contributed by atoms with van der Waals surface area (Å²) in [5, 5.41) is 0. The van der Waals surface area contributed by atoms with Crippen LogP contribution in [0.15, 0.2) is 0 Å². The van der Waals surface area contributed by atoms with Crippen LogP contribution in [0.5, 0.6) is 0 Å². The van der Waals surface area contributed by atoms with Crippen LogP contribution in [0.2, 0.25) is 0 Å². The third-order valence-electron chi connectivity index (χ3n) is 2.11. The van der Waals surface area contributed by atoms with Gasteiger partial charge in [-0.2, -0.15) is 0 Å². The molecular formula is C11H25NO2. The van der Waals surface area contributed by atoms with Crippen LogP contribution in [0, 0.1) is 0 Å². The van der Waals surface area contributed by atoms with Crippen LogP contribution in [0.25, 0.3) is 0 Å². The number of rotatable bonds is 10. The standard InChI is InChI=1S/C11H25NO2/c1-3-7-13-9-10-14-8-5-6-11(12)4-2/h11H,3-10,12H2,1-2H3. The van der Waals surface area contributed by atoms with Crippen molar-refractivity contribution in [2.45, 2.75) is 45.6 Å². The largest absolute Gasteiger partial charge is 0.379 e. The summed E-state index contributed by atoms with van der Waals surface area (Å²) in [6.45, 7) is 7.29. The summed E-state index contributed by atoms with van der Waals surface area (Å²) >= 11 is 0. The van der Waals surface area contributed by atoms with Crippen molar-refractivity contribution in [2.24, 2.45) is 5.73 Å². The molecule has 0 aromatic rings. The maximum atomic E-state index is 5.77. The molecule has 14 heavy (non-hydrogen) atoms. The van der Waals surface area contributed by atoms with Gasteiger partial charge in [0.15, 0.2) is 0 Å². The van der Waals surface area contributed by atoms with Gasteiger partial charge in [0.25, 0.3) is 0 Å². The summed E-state index contributed by atoms with van der Waals surface area (Å²) in [5.41, 5.74) is 5.77. The average molecular weight is 203 g/mol. The first-order valence-corrected chi connectivity index (χ1v) is 5.72. The molecule has 0 aliphatic carbocycles. The molecule has 1 unspecified atom stereocenters. The number of ether oxygens (including phenoxy) is 2. The fourth-order valence-electron chi connectivity index (χ4n) is 1.12. The van der Waals surface area contributed by atoms with E-state index in [1.165, 1.54) is 0 Å². The van der Waals surface area contributed by atoms with Crippen LogP contribution in [0.1, 0.15) is 39.5 Å². The van der Waals surface area contributed by atoms with Gasteiger partial charge in [-0.3, -0.25) is 0 Å². The summed E-state index contributed by atoms with van der Waals surface area (Å²) in [7, 11) is 0. The Labute approximate surface area is 88.0 Å². The second-order valence-corrected chi connectivity index (χ2v) is 3.54. The fraction of sp³-hybridized carbons (Fsp3) is 1.00. The summed E-state index contributed by atoms with van der Waals surface area (Å²) < 4.78 is 10.7. The highest BCUT2D eigenvalue weighted by Gasteiger charge is 1.97. The van der Waals surface area contributed by atoms with E-state index in [4.69, 9.17) is 15.2 Å². The first kappa shape index (κ1) is 13.9. The van der Waals surface area contributed by atoms with Crippen molar-refractivity contribution < 1.29 is 9.47 Å². The van der Waals surface area contributed by atoms with Crippen molar-refractivity contribution >= 4 is 0 Å². The zero-order valence-electron chi connectivity index (χ0n) is 9.63. The Morgan fingerprint density at radius 3 is 2.21 bits per heavy atom. The molecule has 2 N–H and O–H groups in total. The van der Waals surface area contributed by atoms with E-state index in [9.17, 15) is 0 Å². The van der Waals surface area contributed by atoms with Gasteiger partial charge in [-0.05, 0) is 25.7 Å². The molecule has 3 heteroatoms. The Hall–Kier alpha value is -0.120. The van der Waals surface area contributed by atoms with E-state index in [-0.39, 0.29) is 0 Å². The van der Waals surface area contributed by atoms with Gasteiger partial charge in [0.1, 0.15) is 0 Å². The summed E-state index contributed by atoms with van der Waals surface area (Å²) in [4.78, 5) is 0. The Kier molecular flexibility index (Phi) is 10.9. The maximum absolute atomic E-state index is 5.77. The van der Waals surface area contributed by atoms with Crippen LogP contribution >= 0.6 is 0 Å². The topological polar surface area (TPSA) is 44.5 Å². The van der Waals surface area contributed by atoms with Crippen LogP contribution < -0.4 is 5.73 Å². The minimum absolute atomic E-state index is 0.343. The quantitative estimate of drug-likeness (QED) is 0.552. The predicted molar refractivity (Wildman–Crippen MR) is 59.4 cm³/mol. The van der Waals surface area contributed by atoms with Crippen LogP contribution in [-0.4, -0.2) is 32.5 Å². The minimum atomic E-state index is 0.343. The Balaban J connectivity index is 2.92. The lowest BCUT2D eigenvalue weighted by Crippen LogP contribution is -2.19. The van der Waals surface area contributed by atoms with Crippen molar-refractivity contribution in [3.63, 3.8) is 0 Å². The lowest BCUT2D eigenvalue weighted by atomic mass is 10.1. The number of nitrogens with two attached hydrogens (primary N) is 1. The summed E-state index contributed by atoms with van der Waals surface area (Å²) in [6.07, 6.45) is 4.25. The molecule has 1 atom stereocenters. The zero-order chi connectivity index (χ0) is 10.6. The van der Waals surface area contributed by atoms with Crippen molar-refractivity contribution in [1.82, 2.24) is 0 Å². The van der Waals surface area contributed by atoms with E-state index in [1.807, 2.05) is 0 Å². The van der Waals surface area contributed by atoms with Crippen molar-refractivity contribution in [3.8, 4) is 0 Å². The normalized spacial score (nSPS) is 13.1. The lowest BCUT2D eigenvalue weighted by molar-refractivity contribution is 0.0462. The summed E-state index contributed by atoms with van der Waals surface area (Å²) in [6, 6.07) is 0.343. The number of hydrogen-bond acceptors (Lipinski definition) is 3. The molecule has 86 valence electrons. The van der Waals surface area contributed by atoms with Crippen LogP contribution in [0.3, 0.4) is 0 Å². The smallest absolute Gasteiger partial charge is 0.0700 e. The maximum Gasteiger partial charge on any atom is 0.0700 e. The van der Waals surface area contributed by atoms with Gasteiger partial charge in [0.2, 0.25) is 0 Å². The molecule has 0 aliphatic heterocycles. The van der Waals surface area contributed by atoms with Gasteiger partial charge in [-0.1, -0.05) is 13.8 Å². The van der Waals surface area contributed by atoms with Crippen molar-refractivity contribution in [2.75, 3.05) is 26.4 Å². The molecule has 0 saturated heterocycles. The monoisotopic (exact) mass is 203 g/mol.